The molecular formula is C23H17NO3. The van der Waals surface area contributed by atoms with E-state index in [1.807, 2.05) is 78.9 Å². The first kappa shape index (κ1) is 15.8. The average molecular weight is 355 g/mol. The van der Waals surface area contributed by atoms with E-state index in [2.05, 4.69) is 0 Å². The van der Waals surface area contributed by atoms with Crippen molar-refractivity contribution in [3.05, 3.63) is 100 Å². The van der Waals surface area contributed by atoms with Crippen molar-refractivity contribution in [3.8, 4) is 5.75 Å². The zero-order valence-electron chi connectivity index (χ0n) is 14.5. The second kappa shape index (κ2) is 6.09. The summed E-state index contributed by atoms with van der Waals surface area (Å²) < 4.78 is 6.27. The van der Waals surface area contributed by atoms with E-state index in [4.69, 9.17) is 4.74 Å². The summed E-state index contributed by atoms with van der Waals surface area (Å²) in [4.78, 5) is 11.7. The molecule has 0 N–H and O–H groups in total. The molecule has 0 unspecified atom stereocenters. The van der Waals surface area contributed by atoms with Gasteiger partial charge in [0.15, 0.2) is 6.10 Å². The van der Waals surface area contributed by atoms with Crippen LogP contribution >= 0.6 is 0 Å². The highest BCUT2D eigenvalue weighted by Crippen LogP contribution is 2.41. The quantitative estimate of drug-likeness (QED) is 0.361. The normalized spacial score (nSPS) is 18.8. The molecule has 132 valence electrons. The molecule has 4 heteroatoms. The Hall–Kier alpha value is -3.40. The van der Waals surface area contributed by atoms with E-state index in [0.29, 0.717) is 6.42 Å². The molecule has 1 aliphatic rings. The monoisotopic (exact) mass is 355 g/mol. The van der Waals surface area contributed by atoms with Gasteiger partial charge >= 0.3 is 0 Å². The lowest BCUT2D eigenvalue weighted by molar-refractivity contribution is -0.535. The van der Waals surface area contributed by atoms with Gasteiger partial charge in [0.05, 0.1) is 0 Å². The number of nitro groups is 1. The molecule has 4 aromatic rings. The van der Waals surface area contributed by atoms with Gasteiger partial charge in [0, 0.05) is 22.5 Å². The van der Waals surface area contributed by atoms with E-state index in [1.54, 1.807) is 0 Å². The van der Waals surface area contributed by atoms with Crippen LogP contribution in [-0.2, 0) is 6.42 Å². The molecule has 4 nitrogen and oxygen atoms in total. The van der Waals surface area contributed by atoms with Crippen LogP contribution in [0.5, 0.6) is 5.75 Å². The van der Waals surface area contributed by atoms with E-state index < -0.39 is 12.1 Å². The Morgan fingerprint density at radius 2 is 1.48 bits per heavy atom. The summed E-state index contributed by atoms with van der Waals surface area (Å²) in [5.74, 6) is 0.740. The topological polar surface area (TPSA) is 52.4 Å². The van der Waals surface area contributed by atoms with Crippen molar-refractivity contribution in [2.24, 2.45) is 0 Å². The van der Waals surface area contributed by atoms with Gasteiger partial charge in [-0.2, -0.15) is 0 Å². The second-order valence-electron chi connectivity index (χ2n) is 6.93. The molecule has 5 rings (SSSR count). The van der Waals surface area contributed by atoms with Crippen molar-refractivity contribution in [1.82, 2.24) is 0 Å². The van der Waals surface area contributed by atoms with Gasteiger partial charge in [0.1, 0.15) is 5.75 Å². The van der Waals surface area contributed by atoms with Crippen molar-refractivity contribution in [1.29, 1.82) is 0 Å². The summed E-state index contributed by atoms with van der Waals surface area (Å²) in [5, 5.41) is 16.1. The number of ether oxygens (including phenoxy) is 1. The first-order valence-corrected chi connectivity index (χ1v) is 9.01. The van der Waals surface area contributed by atoms with Gasteiger partial charge in [-0.15, -0.1) is 0 Å². The number of nitrogens with zero attached hydrogens (tertiary/aromatic N) is 1. The number of fused-ring (bicyclic) bond motifs is 4. The lowest BCUT2D eigenvalue weighted by atomic mass is 9.88. The van der Waals surface area contributed by atoms with Crippen LogP contribution in [0.15, 0.2) is 78.9 Å². The SMILES string of the molecule is O=[N+]([O-])[C@H]1Cc2c(ccc3ccccc23)O[C@@H]1c1cccc2ccccc12. The molecule has 0 saturated carbocycles. The van der Waals surface area contributed by atoms with E-state index in [-0.39, 0.29) is 4.92 Å². The maximum Gasteiger partial charge on any atom is 0.257 e. The standard InChI is InChI=1S/C23H17NO3/c25-24(26)21-14-20-18-10-4-2-7-16(18)12-13-22(20)27-23(21)19-11-5-8-15-6-1-3-9-17(15)19/h1-13,21,23H,14H2/t21-,23+/m0/s1. The number of benzene rings is 4. The number of hydrogen-bond acceptors (Lipinski definition) is 3. The van der Waals surface area contributed by atoms with Crippen LogP contribution in [0.25, 0.3) is 21.5 Å². The minimum atomic E-state index is -0.825. The van der Waals surface area contributed by atoms with Gasteiger partial charge in [-0.1, -0.05) is 72.8 Å². The predicted molar refractivity (Wildman–Crippen MR) is 106 cm³/mol. The highest BCUT2D eigenvalue weighted by Gasteiger charge is 2.40. The first-order chi connectivity index (χ1) is 13.2. The summed E-state index contributed by atoms with van der Waals surface area (Å²) in [5.41, 5.74) is 1.79. The summed E-state index contributed by atoms with van der Waals surface area (Å²) in [6.07, 6.45) is -0.253. The predicted octanol–water partition coefficient (Wildman–Crippen LogP) is 5.31. The summed E-state index contributed by atoms with van der Waals surface area (Å²) >= 11 is 0. The smallest absolute Gasteiger partial charge is 0.257 e. The Bertz CT molecular complexity index is 1180. The first-order valence-electron chi connectivity index (χ1n) is 9.01. The van der Waals surface area contributed by atoms with Gasteiger partial charge in [-0.25, -0.2) is 0 Å². The summed E-state index contributed by atoms with van der Waals surface area (Å²) in [7, 11) is 0. The van der Waals surface area contributed by atoms with Crippen LogP contribution in [0.4, 0.5) is 0 Å². The van der Waals surface area contributed by atoms with Crippen LogP contribution in [-0.4, -0.2) is 11.0 Å². The molecule has 0 spiro atoms. The van der Waals surface area contributed by atoms with Crippen LogP contribution in [0.3, 0.4) is 0 Å². The van der Waals surface area contributed by atoms with Gasteiger partial charge in [0.2, 0.25) is 0 Å². The van der Waals surface area contributed by atoms with Gasteiger partial charge in [-0.3, -0.25) is 10.1 Å². The molecule has 27 heavy (non-hydrogen) atoms. The average Bonchev–Trinajstić information content (AvgIpc) is 2.72. The van der Waals surface area contributed by atoms with Crippen molar-refractivity contribution in [2.75, 3.05) is 0 Å². The zero-order chi connectivity index (χ0) is 18.4. The van der Waals surface area contributed by atoms with Crippen molar-refractivity contribution in [3.63, 3.8) is 0 Å². The van der Waals surface area contributed by atoms with E-state index in [1.165, 1.54) is 0 Å². The molecule has 1 heterocycles. The Balaban J connectivity index is 1.69. The molecule has 0 aliphatic carbocycles. The molecule has 0 bridgehead atoms. The largest absolute Gasteiger partial charge is 0.478 e. The fraction of sp³-hybridized carbons (Fsp3) is 0.130. The molecule has 2 atom stereocenters. The van der Waals surface area contributed by atoms with Crippen molar-refractivity contribution >= 4 is 21.5 Å². The third-order valence-corrected chi connectivity index (χ3v) is 5.41. The molecule has 0 radical (unpaired) electrons. The van der Waals surface area contributed by atoms with Crippen LogP contribution in [0.2, 0.25) is 0 Å². The molecule has 0 saturated heterocycles. The highest BCUT2D eigenvalue weighted by molar-refractivity contribution is 5.89. The van der Waals surface area contributed by atoms with Crippen molar-refractivity contribution in [2.45, 2.75) is 18.6 Å². The lowest BCUT2D eigenvalue weighted by Crippen LogP contribution is -2.36. The maximum absolute atomic E-state index is 11.9. The Kier molecular flexibility index (Phi) is 3.57. The minimum absolute atomic E-state index is 0.197. The number of rotatable bonds is 2. The molecule has 0 amide bonds. The Morgan fingerprint density at radius 3 is 2.26 bits per heavy atom. The maximum atomic E-state index is 11.9. The second-order valence-corrected chi connectivity index (χ2v) is 6.93. The molecular weight excluding hydrogens is 338 g/mol. The minimum Gasteiger partial charge on any atom is -0.478 e. The molecule has 0 aromatic heterocycles. The third kappa shape index (κ3) is 2.53. The van der Waals surface area contributed by atoms with Gasteiger partial charge in [0.25, 0.3) is 6.04 Å². The molecule has 1 aliphatic heterocycles. The highest BCUT2D eigenvalue weighted by atomic mass is 16.6. The summed E-state index contributed by atoms with van der Waals surface area (Å²) in [6, 6.07) is 24.9. The zero-order valence-corrected chi connectivity index (χ0v) is 14.5. The Labute approximate surface area is 156 Å². The van der Waals surface area contributed by atoms with Gasteiger partial charge in [-0.05, 0) is 27.6 Å². The van der Waals surface area contributed by atoms with Crippen LogP contribution in [0.1, 0.15) is 17.2 Å². The number of hydrogen-bond donors (Lipinski definition) is 0. The Morgan fingerprint density at radius 1 is 0.815 bits per heavy atom. The van der Waals surface area contributed by atoms with Gasteiger partial charge < -0.3 is 4.74 Å². The van der Waals surface area contributed by atoms with E-state index >= 15 is 0 Å². The van der Waals surface area contributed by atoms with Crippen LogP contribution in [0, 0.1) is 10.1 Å². The molecule has 0 fully saturated rings. The third-order valence-electron chi connectivity index (χ3n) is 5.41. The summed E-state index contributed by atoms with van der Waals surface area (Å²) in [6.45, 7) is 0. The molecule has 4 aromatic carbocycles. The van der Waals surface area contributed by atoms with Crippen molar-refractivity contribution < 1.29 is 9.66 Å². The van der Waals surface area contributed by atoms with E-state index in [9.17, 15) is 10.1 Å². The lowest BCUT2D eigenvalue weighted by Gasteiger charge is -2.30. The van der Waals surface area contributed by atoms with Crippen LogP contribution < -0.4 is 4.74 Å². The fourth-order valence-corrected chi connectivity index (χ4v) is 4.12. The fourth-order valence-electron chi connectivity index (χ4n) is 4.12. The van der Waals surface area contributed by atoms with E-state index in [0.717, 1.165) is 38.4 Å².